The number of aliphatic hydroxyl groups excluding tert-OH is 2. The van der Waals surface area contributed by atoms with E-state index in [0.29, 0.717) is 6.42 Å². The van der Waals surface area contributed by atoms with Crippen molar-refractivity contribution in [1.82, 2.24) is 10.2 Å². The zero-order valence-corrected chi connectivity index (χ0v) is 19.9. The van der Waals surface area contributed by atoms with Crippen LogP contribution in [-0.2, 0) is 9.59 Å². The fourth-order valence-electron chi connectivity index (χ4n) is 4.30. The highest BCUT2D eigenvalue weighted by atomic mass is 19.1. The molecule has 1 fully saturated rings. The molecule has 3 rings (SSSR count). The summed E-state index contributed by atoms with van der Waals surface area (Å²) in [6.45, 7) is -0.460. The second-order valence-corrected chi connectivity index (χ2v) is 8.94. The van der Waals surface area contributed by atoms with Crippen molar-refractivity contribution in [2.24, 2.45) is 16.6 Å². The van der Waals surface area contributed by atoms with Crippen LogP contribution in [-0.4, -0.2) is 64.6 Å². The van der Waals surface area contributed by atoms with Gasteiger partial charge in [0.15, 0.2) is 17.4 Å². The quantitative estimate of drug-likeness (QED) is 0.265. The second-order valence-electron chi connectivity index (χ2n) is 8.94. The predicted molar refractivity (Wildman–Crippen MR) is 129 cm³/mol. The third-order valence-electron chi connectivity index (χ3n) is 6.16. The number of nitrogens with zero attached hydrogens (tertiary/aromatic N) is 2. The zero-order chi connectivity index (χ0) is 26.1. The number of benzene rings is 1. The minimum atomic E-state index is -0.947. The molecule has 0 spiro atoms. The fourth-order valence-corrected chi connectivity index (χ4v) is 4.30. The van der Waals surface area contributed by atoms with Gasteiger partial charge < -0.3 is 30.9 Å². The van der Waals surface area contributed by atoms with E-state index in [4.69, 9.17) is 15.6 Å². The molecule has 196 valence electrons. The van der Waals surface area contributed by atoms with Gasteiger partial charge in [0.25, 0.3) is 11.8 Å². The molecule has 36 heavy (non-hydrogen) atoms. The number of nitrogens with one attached hydrogen (secondary N) is 1. The summed E-state index contributed by atoms with van der Waals surface area (Å²) in [5, 5.41) is 20.9. The summed E-state index contributed by atoms with van der Waals surface area (Å²) < 4.78 is 33.4. The number of nitrogens with two attached hydrogens (primary N) is 1. The molecule has 2 atom stereocenters. The van der Waals surface area contributed by atoms with Crippen LogP contribution in [0.15, 0.2) is 47.3 Å². The van der Waals surface area contributed by atoms with Crippen molar-refractivity contribution in [2.75, 3.05) is 19.7 Å². The van der Waals surface area contributed by atoms with Gasteiger partial charge in [-0.1, -0.05) is 38.2 Å². The first kappa shape index (κ1) is 27.3. The van der Waals surface area contributed by atoms with Crippen LogP contribution in [0, 0.1) is 17.6 Å². The lowest BCUT2D eigenvalue weighted by Gasteiger charge is -2.30. The van der Waals surface area contributed by atoms with Crippen molar-refractivity contribution in [1.29, 1.82) is 0 Å². The lowest BCUT2D eigenvalue weighted by atomic mass is 9.84. The van der Waals surface area contributed by atoms with Crippen LogP contribution in [0.1, 0.15) is 38.5 Å². The van der Waals surface area contributed by atoms with Gasteiger partial charge in [-0.3, -0.25) is 9.59 Å². The van der Waals surface area contributed by atoms with Gasteiger partial charge in [0.2, 0.25) is 0 Å². The summed E-state index contributed by atoms with van der Waals surface area (Å²) in [7, 11) is 0. The number of ether oxygens (including phenoxy) is 1. The molecule has 1 saturated carbocycles. The van der Waals surface area contributed by atoms with Crippen LogP contribution in [0.4, 0.5) is 8.78 Å². The lowest BCUT2D eigenvalue weighted by Crippen LogP contribution is -2.44. The average molecular weight is 507 g/mol. The Hall–Kier alpha value is -3.31. The summed E-state index contributed by atoms with van der Waals surface area (Å²) >= 11 is 0. The van der Waals surface area contributed by atoms with E-state index in [2.05, 4.69) is 10.3 Å². The Balaban J connectivity index is 1.72. The van der Waals surface area contributed by atoms with Crippen molar-refractivity contribution in [3.63, 3.8) is 0 Å². The van der Waals surface area contributed by atoms with E-state index in [0.717, 1.165) is 50.3 Å². The number of para-hydroxylation sites is 1. The number of hydrogen-bond donors (Lipinski definition) is 4. The first-order chi connectivity index (χ1) is 17.3. The van der Waals surface area contributed by atoms with Gasteiger partial charge in [0.05, 0.1) is 19.3 Å². The maximum atomic E-state index is 14.0. The highest BCUT2D eigenvalue weighted by Crippen LogP contribution is 2.31. The minimum Gasteiger partial charge on any atom is -0.453 e. The molecule has 5 N–H and O–H groups in total. The first-order valence-electron chi connectivity index (χ1n) is 12.0. The Morgan fingerprint density at radius 1 is 1.28 bits per heavy atom. The number of hydrogen-bond acceptors (Lipinski definition) is 6. The number of carbonyl (C=O) groups excluding carboxylic acids is 2. The van der Waals surface area contributed by atoms with Crippen LogP contribution in [0.3, 0.4) is 0 Å². The van der Waals surface area contributed by atoms with Crippen LogP contribution in [0.25, 0.3) is 0 Å². The van der Waals surface area contributed by atoms with Gasteiger partial charge in [-0.05, 0) is 30.5 Å². The first-order valence-corrected chi connectivity index (χ1v) is 12.0. The van der Waals surface area contributed by atoms with Crippen LogP contribution < -0.4 is 15.8 Å². The maximum Gasteiger partial charge on any atom is 0.270 e. The predicted octanol–water partition coefficient (Wildman–Crippen LogP) is 1.75. The Morgan fingerprint density at radius 2 is 1.97 bits per heavy atom. The van der Waals surface area contributed by atoms with Gasteiger partial charge in [-0.15, -0.1) is 0 Å². The Labute approximate surface area is 208 Å². The molecule has 1 aromatic carbocycles. The van der Waals surface area contributed by atoms with Crippen LogP contribution >= 0.6 is 0 Å². The zero-order valence-electron chi connectivity index (χ0n) is 19.9. The average Bonchev–Trinajstić information content (AvgIpc) is 3.22. The molecule has 9 nitrogen and oxygen atoms in total. The molecular formula is C25H32F2N4O5. The molecule has 1 aliphatic heterocycles. The molecule has 2 aliphatic rings. The van der Waals surface area contributed by atoms with Crippen molar-refractivity contribution < 1.29 is 33.3 Å². The van der Waals surface area contributed by atoms with Crippen LogP contribution in [0.2, 0.25) is 0 Å². The molecule has 0 saturated heterocycles. The number of amidine groups is 1. The second kappa shape index (κ2) is 13.1. The minimum absolute atomic E-state index is 0.0222. The van der Waals surface area contributed by atoms with Crippen molar-refractivity contribution in [3.8, 4) is 5.75 Å². The summed E-state index contributed by atoms with van der Waals surface area (Å²) in [6, 6.07) is 2.39. The standard InChI is InChI=1S/C25H32F2N4O5/c26-19-7-4-8-20(27)24(19)36-18-12-23(34)31(14-18)21(11-16-5-2-1-3-6-16)25(35)30-22(28)9-10-29-13-17(33)15-32/h4,7-10,12,16-17,21,29,32-33H,1-3,5-6,11,13-15H2,(H2,28,30,35)/b10-9-. The van der Waals surface area contributed by atoms with Crippen LogP contribution in [0.5, 0.6) is 5.75 Å². The molecule has 0 bridgehead atoms. The van der Waals surface area contributed by atoms with Gasteiger partial charge in [-0.2, -0.15) is 4.99 Å². The highest BCUT2D eigenvalue weighted by Gasteiger charge is 2.36. The molecule has 0 aromatic heterocycles. The van der Waals surface area contributed by atoms with Crippen molar-refractivity contribution >= 4 is 17.6 Å². The van der Waals surface area contributed by atoms with E-state index in [9.17, 15) is 23.5 Å². The monoisotopic (exact) mass is 506 g/mol. The number of amides is 2. The van der Waals surface area contributed by atoms with E-state index >= 15 is 0 Å². The van der Waals surface area contributed by atoms with E-state index in [1.165, 1.54) is 23.2 Å². The Bertz CT molecular complexity index is 1000. The largest absolute Gasteiger partial charge is 0.453 e. The number of halogens is 2. The van der Waals surface area contributed by atoms with E-state index < -0.39 is 48.0 Å². The maximum absolute atomic E-state index is 14.0. The molecule has 2 amide bonds. The van der Waals surface area contributed by atoms with Gasteiger partial charge >= 0.3 is 0 Å². The number of rotatable bonds is 11. The molecule has 11 heteroatoms. The molecule has 1 aromatic rings. The van der Waals surface area contributed by atoms with Crippen molar-refractivity contribution in [3.05, 3.63) is 53.9 Å². The summed E-state index contributed by atoms with van der Waals surface area (Å²) in [6.07, 6.45) is 8.35. The number of carbonyl (C=O) groups is 2. The van der Waals surface area contributed by atoms with E-state index in [-0.39, 0.29) is 30.6 Å². The Kier molecular flexibility index (Phi) is 9.95. The van der Waals surface area contributed by atoms with Gasteiger partial charge in [0.1, 0.15) is 17.6 Å². The Morgan fingerprint density at radius 3 is 2.64 bits per heavy atom. The van der Waals surface area contributed by atoms with Gasteiger partial charge in [-0.25, -0.2) is 8.78 Å². The molecule has 0 radical (unpaired) electrons. The number of aliphatic imine (C=N–C) groups is 1. The van der Waals surface area contributed by atoms with E-state index in [1.807, 2.05) is 0 Å². The van der Waals surface area contributed by atoms with Gasteiger partial charge in [0, 0.05) is 18.8 Å². The molecule has 1 aliphatic carbocycles. The normalized spacial score (nSPS) is 18.9. The SMILES string of the molecule is NC(/C=C\NCC(O)CO)=NC(=O)C(CC1CCCCC1)N1CC(Oc2c(F)cccc2F)=CC1=O. The topological polar surface area (TPSA) is 137 Å². The molecular weight excluding hydrogens is 474 g/mol. The highest BCUT2D eigenvalue weighted by molar-refractivity contribution is 6.03. The third-order valence-corrected chi connectivity index (χ3v) is 6.16. The summed E-state index contributed by atoms with van der Waals surface area (Å²) in [5.74, 6) is -3.40. The lowest BCUT2D eigenvalue weighted by molar-refractivity contribution is -0.134. The molecule has 1 heterocycles. The third kappa shape index (κ3) is 7.59. The number of aliphatic hydroxyl groups is 2. The van der Waals surface area contributed by atoms with Crippen molar-refractivity contribution in [2.45, 2.75) is 50.7 Å². The summed E-state index contributed by atoms with van der Waals surface area (Å²) in [5.41, 5.74) is 5.86. The van der Waals surface area contributed by atoms with E-state index in [1.54, 1.807) is 0 Å². The smallest absolute Gasteiger partial charge is 0.270 e. The fraction of sp³-hybridized carbons (Fsp3) is 0.480. The molecule has 2 unspecified atom stereocenters. The summed E-state index contributed by atoms with van der Waals surface area (Å²) in [4.78, 5) is 31.2.